The molecule has 3 aromatic rings. The summed E-state index contributed by atoms with van der Waals surface area (Å²) in [6.07, 6.45) is 1.48. The average molecular weight is 424 g/mol. The molecule has 2 amide bonds. The highest BCUT2D eigenvalue weighted by molar-refractivity contribution is 6.30. The lowest BCUT2D eigenvalue weighted by Crippen LogP contribution is -2.24. The monoisotopic (exact) mass is 423 g/mol. The second-order valence-electron chi connectivity index (χ2n) is 6.33. The normalized spacial score (nSPS) is 10.6. The fourth-order valence-corrected chi connectivity index (χ4v) is 2.79. The Morgan fingerprint density at radius 3 is 2.43 bits per heavy atom. The molecular weight excluding hydrogens is 402 g/mol. The maximum absolute atomic E-state index is 11.9. The first-order chi connectivity index (χ1) is 14.6. The van der Waals surface area contributed by atoms with E-state index in [1.807, 2.05) is 49.4 Å². The number of urea groups is 1. The number of carbonyl (C=O) groups is 1. The number of nitrogens with one attached hydrogen (secondary N) is 2. The van der Waals surface area contributed by atoms with Gasteiger partial charge in [-0.05, 0) is 48.9 Å². The Bertz CT molecular complexity index is 1010. The molecule has 0 radical (unpaired) electrons. The molecule has 0 unspecified atom stereocenters. The molecule has 7 heteroatoms. The van der Waals surface area contributed by atoms with Crippen molar-refractivity contribution in [3.8, 4) is 11.5 Å². The summed E-state index contributed by atoms with van der Waals surface area (Å²) in [5.41, 5.74) is 4.79. The van der Waals surface area contributed by atoms with E-state index in [2.05, 4.69) is 15.8 Å². The van der Waals surface area contributed by atoms with Crippen LogP contribution in [-0.2, 0) is 0 Å². The second kappa shape index (κ2) is 10.9. The highest BCUT2D eigenvalue weighted by Crippen LogP contribution is 2.22. The number of halogens is 1. The van der Waals surface area contributed by atoms with Crippen molar-refractivity contribution in [3.05, 3.63) is 88.9 Å². The number of para-hydroxylation sites is 2. The van der Waals surface area contributed by atoms with E-state index in [-0.39, 0.29) is 0 Å². The van der Waals surface area contributed by atoms with Gasteiger partial charge in [0.25, 0.3) is 0 Å². The Morgan fingerprint density at radius 1 is 0.967 bits per heavy atom. The van der Waals surface area contributed by atoms with Gasteiger partial charge in [0.15, 0.2) is 0 Å². The zero-order valence-corrected chi connectivity index (χ0v) is 17.2. The zero-order chi connectivity index (χ0) is 21.2. The van der Waals surface area contributed by atoms with Crippen LogP contribution in [0, 0.1) is 6.92 Å². The van der Waals surface area contributed by atoms with Gasteiger partial charge in [0.05, 0.1) is 6.21 Å². The van der Waals surface area contributed by atoms with E-state index in [0.29, 0.717) is 35.2 Å². The van der Waals surface area contributed by atoms with E-state index < -0.39 is 6.03 Å². The molecule has 3 aromatic carbocycles. The molecule has 30 heavy (non-hydrogen) atoms. The number of nitrogens with zero attached hydrogens (tertiary/aromatic N) is 1. The van der Waals surface area contributed by atoms with E-state index in [4.69, 9.17) is 21.1 Å². The molecule has 3 rings (SSSR count). The Morgan fingerprint density at radius 2 is 1.67 bits per heavy atom. The summed E-state index contributed by atoms with van der Waals surface area (Å²) in [5, 5.41) is 7.18. The van der Waals surface area contributed by atoms with E-state index in [1.165, 1.54) is 6.21 Å². The van der Waals surface area contributed by atoms with Crippen molar-refractivity contribution < 1.29 is 14.3 Å². The number of aryl methyl sites for hydroxylation is 1. The molecule has 0 bridgehead atoms. The van der Waals surface area contributed by atoms with Gasteiger partial charge in [0.2, 0.25) is 0 Å². The third kappa shape index (κ3) is 6.53. The minimum absolute atomic E-state index is 0.346. The van der Waals surface area contributed by atoms with Crippen molar-refractivity contribution in [3.63, 3.8) is 0 Å². The van der Waals surface area contributed by atoms with Gasteiger partial charge in [-0.25, -0.2) is 10.2 Å². The maximum atomic E-state index is 11.9. The molecule has 0 spiro atoms. The molecule has 0 saturated heterocycles. The van der Waals surface area contributed by atoms with Crippen molar-refractivity contribution >= 4 is 29.5 Å². The van der Waals surface area contributed by atoms with Gasteiger partial charge >= 0.3 is 6.03 Å². The van der Waals surface area contributed by atoms with Gasteiger partial charge in [-0.2, -0.15) is 5.10 Å². The number of hydrogen-bond acceptors (Lipinski definition) is 4. The predicted octanol–water partition coefficient (Wildman–Crippen LogP) is 5.26. The van der Waals surface area contributed by atoms with Crippen LogP contribution in [0.3, 0.4) is 0 Å². The molecule has 0 fully saturated rings. The molecule has 0 atom stereocenters. The standard InChI is InChI=1S/C23H22ClN3O3/c1-17-7-5-6-10-21(17)29-13-14-30-22-12-11-19(24)15-18(22)16-25-27-23(28)26-20-8-3-2-4-9-20/h2-12,15-16H,13-14H2,1H3,(H2,26,27,28)/b25-16+. The molecule has 154 valence electrons. The molecule has 0 heterocycles. The average Bonchev–Trinajstić information content (AvgIpc) is 2.74. The van der Waals surface area contributed by atoms with E-state index in [9.17, 15) is 4.79 Å². The van der Waals surface area contributed by atoms with Gasteiger partial charge in [0.1, 0.15) is 24.7 Å². The molecule has 0 saturated carbocycles. The second-order valence-corrected chi connectivity index (χ2v) is 6.77. The summed E-state index contributed by atoms with van der Waals surface area (Å²) in [7, 11) is 0. The van der Waals surface area contributed by atoms with Crippen LogP contribution in [-0.4, -0.2) is 25.5 Å². The lowest BCUT2D eigenvalue weighted by Gasteiger charge is -2.12. The van der Waals surface area contributed by atoms with Crippen molar-refractivity contribution in [2.45, 2.75) is 6.92 Å². The van der Waals surface area contributed by atoms with Crippen LogP contribution in [0.15, 0.2) is 77.9 Å². The first-order valence-corrected chi connectivity index (χ1v) is 9.75. The fraction of sp³-hybridized carbons (Fsp3) is 0.130. The Hall–Kier alpha value is -3.51. The quantitative estimate of drug-likeness (QED) is 0.295. The summed E-state index contributed by atoms with van der Waals surface area (Å²) >= 11 is 6.08. The summed E-state index contributed by atoms with van der Waals surface area (Å²) in [5.74, 6) is 1.41. The highest BCUT2D eigenvalue weighted by Gasteiger charge is 2.05. The SMILES string of the molecule is Cc1ccccc1OCCOc1ccc(Cl)cc1/C=N/NC(=O)Nc1ccccc1. The Labute approximate surface area is 180 Å². The molecule has 0 aliphatic heterocycles. The van der Waals surface area contributed by atoms with Crippen LogP contribution >= 0.6 is 11.6 Å². The predicted molar refractivity (Wildman–Crippen MR) is 120 cm³/mol. The number of anilines is 1. The molecule has 2 N–H and O–H groups in total. The van der Waals surface area contributed by atoms with Crippen LogP contribution in [0.25, 0.3) is 0 Å². The minimum Gasteiger partial charge on any atom is -0.490 e. The van der Waals surface area contributed by atoms with Gasteiger partial charge < -0.3 is 14.8 Å². The van der Waals surface area contributed by atoms with Gasteiger partial charge in [-0.1, -0.05) is 48.0 Å². The van der Waals surface area contributed by atoms with E-state index in [0.717, 1.165) is 11.3 Å². The van der Waals surface area contributed by atoms with Gasteiger partial charge in [-0.15, -0.1) is 0 Å². The van der Waals surface area contributed by atoms with Crippen molar-refractivity contribution in [2.24, 2.45) is 5.10 Å². The number of hydrazone groups is 1. The van der Waals surface area contributed by atoms with Gasteiger partial charge in [-0.3, -0.25) is 0 Å². The lowest BCUT2D eigenvalue weighted by atomic mass is 10.2. The highest BCUT2D eigenvalue weighted by atomic mass is 35.5. The maximum Gasteiger partial charge on any atom is 0.339 e. The molecular formula is C23H22ClN3O3. The van der Waals surface area contributed by atoms with Crippen LogP contribution in [0.1, 0.15) is 11.1 Å². The fourth-order valence-electron chi connectivity index (χ4n) is 2.61. The van der Waals surface area contributed by atoms with Crippen LogP contribution in [0.4, 0.5) is 10.5 Å². The van der Waals surface area contributed by atoms with Crippen molar-refractivity contribution in [1.29, 1.82) is 0 Å². The Balaban J connectivity index is 1.53. The lowest BCUT2D eigenvalue weighted by molar-refractivity contribution is 0.216. The topological polar surface area (TPSA) is 72.0 Å². The van der Waals surface area contributed by atoms with Crippen LogP contribution in [0.5, 0.6) is 11.5 Å². The Kier molecular flexibility index (Phi) is 7.69. The van der Waals surface area contributed by atoms with Crippen molar-refractivity contribution in [1.82, 2.24) is 5.43 Å². The molecule has 0 aliphatic rings. The summed E-state index contributed by atoms with van der Waals surface area (Å²) < 4.78 is 11.5. The zero-order valence-electron chi connectivity index (χ0n) is 16.5. The molecule has 0 aromatic heterocycles. The molecule has 0 aliphatic carbocycles. The first kappa shape index (κ1) is 21.2. The number of ether oxygens (including phenoxy) is 2. The van der Waals surface area contributed by atoms with Crippen LogP contribution in [0.2, 0.25) is 5.02 Å². The number of benzene rings is 3. The third-order valence-electron chi connectivity index (χ3n) is 4.07. The van der Waals surface area contributed by atoms with E-state index in [1.54, 1.807) is 30.3 Å². The number of amides is 2. The molecule has 6 nitrogen and oxygen atoms in total. The first-order valence-electron chi connectivity index (χ1n) is 9.38. The summed E-state index contributed by atoms with van der Waals surface area (Å²) in [6.45, 7) is 2.73. The number of rotatable bonds is 8. The minimum atomic E-state index is -0.450. The summed E-state index contributed by atoms with van der Waals surface area (Å²) in [4.78, 5) is 11.9. The van der Waals surface area contributed by atoms with Gasteiger partial charge in [0, 0.05) is 16.3 Å². The smallest absolute Gasteiger partial charge is 0.339 e. The number of carbonyl (C=O) groups excluding carboxylic acids is 1. The van der Waals surface area contributed by atoms with Crippen molar-refractivity contribution in [2.75, 3.05) is 18.5 Å². The summed E-state index contributed by atoms with van der Waals surface area (Å²) in [6, 6.07) is 21.6. The number of hydrogen-bond donors (Lipinski definition) is 2. The largest absolute Gasteiger partial charge is 0.490 e. The third-order valence-corrected chi connectivity index (χ3v) is 4.30. The van der Waals surface area contributed by atoms with E-state index >= 15 is 0 Å². The van der Waals surface area contributed by atoms with Crippen LogP contribution < -0.4 is 20.2 Å².